The minimum absolute atomic E-state index is 0.0507. The summed E-state index contributed by atoms with van der Waals surface area (Å²) in [5, 5.41) is 8.70. The number of halogens is 1. The van der Waals surface area contributed by atoms with Gasteiger partial charge in [0.2, 0.25) is 5.91 Å². The number of nitrogens with zero attached hydrogens (tertiary/aromatic N) is 2. The van der Waals surface area contributed by atoms with Crippen LogP contribution >= 0.6 is 11.6 Å². The predicted octanol–water partition coefficient (Wildman–Crippen LogP) is 1.12. The van der Waals surface area contributed by atoms with E-state index in [9.17, 15) is 18.0 Å². The van der Waals surface area contributed by atoms with E-state index in [0.717, 1.165) is 5.56 Å². The number of amides is 2. The SMILES string of the molecule is O=C(NCc1ccc(Cl)cc1)C1=NN([C@@H]2CCS(=O)(=O)C2)C(=O)CC1. The molecule has 1 saturated heterocycles. The van der Waals surface area contributed by atoms with Crippen LogP contribution in [0.5, 0.6) is 0 Å². The van der Waals surface area contributed by atoms with Crippen LogP contribution in [0.4, 0.5) is 0 Å². The zero-order valence-corrected chi connectivity index (χ0v) is 15.0. The number of benzene rings is 1. The molecule has 1 fully saturated rings. The lowest BCUT2D eigenvalue weighted by Crippen LogP contribution is -2.43. The van der Waals surface area contributed by atoms with Crippen molar-refractivity contribution in [2.75, 3.05) is 11.5 Å². The van der Waals surface area contributed by atoms with Gasteiger partial charge in [-0.1, -0.05) is 23.7 Å². The van der Waals surface area contributed by atoms with Crippen LogP contribution in [0.3, 0.4) is 0 Å². The van der Waals surface area contributed by atoms with Crippen molar-refractivity contribution < 1.29 is 18.0 Å². The molecule has 0 unspecified atom stereocenters. The number of carbonyl (C=O) groups excluding carboxylic acids is 2. The van der Waals surface area contributed by atoms with Gasteiger partial charge in [0.25, 0.3) is 5.91 Å². The second-order valence-corrected chi connectivity index (χ2v) is 8.82. The van der Waals surface area contributed by atoms with Crippen LogP contribution in [0.25, 0.3) is 0 Å². The Hall–Kier alpha value is -1.93. The van der Waals surface area contributed by atoms with Crippen molar-refractivity contribution in [3.8, 4) is 0 Å². The summed E-state index contributed by atoms with van der Waals surface area (Å²) >= 11 is 5.82. The standard InChI is InChI=1S/C16H18ClN3O4S/c17-12-3-1-11(2-4-12)9-18-16(22)14-5-6-15(21)20(19-14)13-7-8-25(23,24)10-13/h1-4,13H,5-10H2,(H,18,22)/t13-/m1/s1. The molecule has 0 radical (unpaired) electrons. The highest BCUT2D eigenvalue weighted by atomic mass is 35.5. The van der Waals surface area contributed by atoms with Crippen molar-refractivity contribution in [1.29, 1.82) is 0 Å². The summed E-state index contributed by atoms with van der Waals surface area (Å²) in [7, 11) is -3.13. The van der Waals surface area contributed by atoms with Gasteiger partial charge in [0.15, 0.2) is 9.84 Å². The Balaban J connectivity index is 1.66. The molecule has 7 nitrogen and oxygen atoms in total. The molecule has 0 bridgehead atoms. The fraction of sp³-hybridized carbons (Fsp3) is 0.438. The first-order valence-electron chi connectivity index (χ1n) is 7.97. The van der Waals surface area contributed by atoms with Gasteiger partial charge >= 0.3 is 0 Å². The normalized spacial score (nSPS) is 22.6. The van der Waals surface area contributed by atoms with Crippen LogP contribution in [0.1, 0.15) is 24.8 Å². The quantitative estimate of drug-likeness (QED) is 0.842. The van der Waals surface area contributed by atoms with Crippen molar-refractivity contribution >= 4 is 39.0 Å². The molecule has 9 heteroatoms. The Labute approximate surface area is 150 Å². The molecule has 134 valence electrons. The van der Waals surface area contributed by atoms with Gasteiger partial charge in [-0.3, -0.25) is 9.59 Å². The summed E-state index contributed by atoms with van der Waals surface area (Å²) in [6.45, 7) is 0.320. The highest BCUT2D eigenvalue weighted by Gasteiger charge is 2.37. The fourth-order valence-electron chi connectivity index (χ4n) is 2.87. The molecule has 2 aliphatic rings. The molecule has 0 aliphatic carbocycles. The Morgan fingerprint density at radius 2 is 2.00 bits per heavy atom. The van der Waals surface area contributed by atoms with E-state index in [1.54, 1.807) is 12.1 Å². The fourth-order valence-corrected chi connectivity index (χ4v) is 4.69. The third-order valence-corrected chi connectivity index (χ3v) is 6.24. The first-order valence-corrected chi connectivity index (χ1v) is 10.2. The monoisotopic (exact) mass is 383 g/mol. The van der Waals surface area contributed by atoms with E-state index in [4.69, 9.17) is 11.6 Å². The number of hydrogen-bond acceptors (Lipinski definition) is 5. The summed E-state index contributed by atoms with van der Waals surface area (Å²) < 4.78 is 23.2. The predicted molar refractivity (Wildman–Crippen MR) is 93.9 cm³/mol. The van der Waals surface area contributed by atoms with Crippen LogP contribution in [-0.4, -0.2) is 48.5 Å². The Kier molecular flexibility index (Phi) is 5.10. The minimum atomic E-state index is -3.13. The van der Waals surface area contributed by atoms with Crippen molar-refractivity contribution in [2.24, 2.45) is 5.10 Å². The molecule has 1 atom stereocenters. The van der Waals surface area contributed by atoms with Crippen LogP contribution in [-0.2, 0) is 26.0 Å². The van der Waals surface area contributed by atoms with Crippen LogP contribution in [0, 0.1) is 0 Å². The Morgan fingerprint density at radius 1 is 1.28 bits per heavy atom. The van der Waals surface area contributed by atoms with E-state index in [1.165, 1.54) is 5.01 Å². The molecule has 0 aromatic heterocycles. The molecule has 0 saturated carbocycles. The van der Waals surface area contributed by atoms with Gasteiger partial charge < -0.3 is 5.32 Å². The van der Waals surface area contributed by atoms with E-state index in [2.05, 4.69) is 10.4 Å². The second-order valence-electron chi connectivity index (χ2n) is 6.15. The lowest BCUT2D eigenvalue weighted by molar-refractivity contribution is -0.133. The molecule has 25 heavy (non-hydrogen) atoms. The maximum Gasteiger partial charge on any atom is 0.267 e. The van der Waals surface area contributed by atoms with Gasteiger partial charge in [0, 0.05) is 24.4 Å². The van der Waals surface area contributed by atoms with Crippen molar-refractivity contribution in [1.82, 2.24) is 10.3 Å². The molecule has 2 heterocycles. The second kappa shape index (κ2) is 7.13. The van der Waals surface area contributed by atoms with Crippen molar-refractivity contribution in [3.63, 3.8) is 0 Å². The summed E-state index contributed by atoms with van der Waals surface area (Å²) in [5.41, 5.74) is 1.14. The summed E-state index contributed by atoms with van der Waals surface area (Å²) in [4.78, 5) is 24.4. The van der Waals surface area contributed by atoms with Gasteiger partial charge in [-0.05, 0) is 24.1 Å². The van der Waals surface area contributed by atoms with Crippen molar-refractivity contribution in [3.05, 3.63) is 34.9 Å². The average molecular weight is 384 g/mol. The lowest BCUT2D eigenvalue weighted by Gasteiger charge is -2.27. The zero-order valence-electron chi connectivity index (χ0n) is 13.4. The number of carbonyl (C=O) groups is 2. The van der Waals surface area contributed by atoms with E-state index >= 15 is 0 Å². The highest BCUT2D eigenvalue weighted by molar-refractivity contribution is 7.91. The third kappa shape index (κ3) is 4.38. The molecule has 1 aromatic rings. The number of rotatable bonds is 4. The van der Waals surface area contributed by atoms with E-state index in [-0.39, 0.29) is 41.9 Å². The molecule has 0 spiro atoms. The minimum Gasteiger partial charge on any atom is -0.347 e. The maximum atomic E-state index is 12.3. The summed E-state index contributed by atoms with van der Waals surface area (Å²) in [6, 6.07) is 6.62. The number of sulfone groups is 1. The van der Waals surface area contributed by atoms with E-state index in [0.29, 0.717) is 18.0 Å². The van der Waals surface area contributed by atoms with Gasteiger partial charge in [0.05, 0.1) is 17.5 Å². The molecular formula is C16H18ClN3O4S. The number of hydrogen-bond donors (Lipinski definition) is 1. The summed E-state index contributed by atoms with van der Waals surface area (Å²) in [6.07, 6.45) is 0.766. The van der Waals surface area contributed by atoms with E-state index in [1.807, 2.05) is 12.1 Å². The Bertz CT molecular complexity index is 820. The van der Waals surface area contributed by atoms with Gasteiger partial charge in [-0.25, -0.2) is 13.4 Å². The van der Waals surface area contributed by atoms with Crippen LogP contribution in [0.15, 0.2) is 29.4 Å². The first-order chi connectivity index (χ1) is 11.8. The zero-order chi connectivity index (χ0) is 18.0. The van der Waals surface area contributed by atoms with Gasteiger partial charge in [-0.2, -0.15) is 5.10 Å². The molecule has 3 rings (SSSR count). The average Bonchev–Trinajstić information content (AvgIpc) is 2.94. The van der Waals surface area contributed by atoms with Gasteiger partial charge in [-0.15, -0.1) is 0 Å². The Morgan fingerprint density at radius 3 is 2.64 bits per heavy atom. The topological polar surface area (TPSA) is 95.9 Å². The molecule has 2 amide bonds. The van der Waals surface area contributed by atoms with Gasteiger partial charge in [0.1, 0.15) is 5.71 Å². The maximum absolute atomic E-state index is 12.3. The van der Waals surface area contributed by atoms with Crippen molar-refractivity contribution in [2.45, 2.75) is 31.8 Å². The van der Waals surface area contributed by atoms with Crippen LogP contribution < -0.4 is 5.32 Å². The summed E-state index contributed by atoms with van der Waals surface area (Å²) in [5.74, 6) is -0.638. The lowest BCUT2D eigenvalue weighted by atomic mass is 10.1. The number of nitrogens with one attached hydrogen (secondary N) is 1. The smallest absolute Gasteiger partial charge is 0.267 e. The molecule has 1 aromatic carbocycles. The molecule has 1 N–H and O–H groups in total. The molecule has 2 aliphatic heterocycles. The van der Waals surface area contributed by atoms with E-state index < -0.39 is 15.9 Å². The van der Waals surface area contributed by atoms with Crippen LogP contribution in [0.2, 0.25) is 5.02 Å². The largest absolute Gasteiger partial charge is 0.347 e. The number of hydrazone groups is 1. The first kappa shape index (κ1) is 17.9. The third-order valence-electron chi connectivity index (χ3n) is 4.24. The molecular weight excluding hydrogens is 366 g/mol. The highest BCUT2D eigenvalue weighted by Crippen LogP contribution is 2.22.